The first-order valence-corrected chi connectivity index (χ1v) is 8.94. The summed E-state index contributed by atoms with van der Waals surface area (Å²) in [4.78, 5) is 14.0. The van der Waals surface area contributed by atoms with E-state index >= 15 is 8.63 Å². The number of hydrogen-bond acceptors (Lipinski definition) is 1. The molecule has 0 atom stereocenters. The highest BCUT2D eigenvalue weighted by atomic mass is 127. The molecule has 0 radical (unpaired) electrons. The summed E-state index contributed by atoms with van der Waals surface area (Å²) < 4.78 is 34.0. The Morgan fingerprint density at radius 1 is 1.16 bits per heavy atom. The fraction of sp³-hybridized carbons (Fsp3) is 0.176. The molecule has 4 rings (SSSR count). The molecule has 0 aliphatic carbocycles. The van der Waals surface area contributed by atoms with Gasteiger partial charge >= 0.3 is 12.9 Å². The first-order chi connectivity index (χ1) is 11.7. The summed E-state index contributed by atoms with van der Waals surface area (Å²) in [5.41, 5.74) is 2.24. The van der Waals surface area contributed by atoms with E-state index in [2.05, 4.69) is 22.6 Å². The molecule has 1 aromatic carbocycles. The molecule has 0 fully saturated rings. The van der Waals surface area contributed by atoms with Crippen LogP contribution in [0.15, 0.2) is 36.0 Å². The summed E-state index contributed by atoms with van der Waals surface area (Å²) in [5, 5.41) is 0. The van der Waals surface area contributed by atoms with Crippen LogP contribution < -0.4 is 0 Å². The number of nitrogens with zero attached hydrogens (tertiary/aromatic N) is 3. The molecule has 25 heavy (non-hydrogen) atoms. The second-order valence-corrected chi connectivity index (χ2v) is 7.65. The maximum atomic E-state index is 15.5. The van der Waals surface area contributed by atoms with E-state index in [1.54, 1.807) is 38.1 Å². The molecule has 2 aliphatic rings. The standard InChI is InChI=1S/C17H15BF2IN3O/c1-10-8-11(2)23-14(10)9-15-17(25)22(3)16(24(15)18(23,19)20)12-4-6-13(21)7-5-12/h4-9H,1-3H3. The van der Waals surface area contributed by atoms with Crippen LogP contribution in [0.2, 0.25) is 0 Å². The van der Waals surface area contributed by atoms with Crippen molar-refractivity contribution in [3.05, 3.63) is 62.1 Å². The van der Waals surface area contributed by atoms with Gasteiger partial charge in [0.1, 0.15) is 0 Å². The largest absolute Gasteiger partial charge is 0.639 e. The number of fused-ring (bicyclic) bond motifs is 2. The van der Waals surface area contributed by atoms with E-state index in [0.29, 0.717) is 17.0 Å². The van der Waals surface area contributed by atoms with Crippen LogP contribution in [0.4, 0.5) is 8.63 Å². The minimum absolute atomic E-state index is 0.0229. The third kappa shape index (κ3) is 2.16. The number of benzene rings is 1. The number of amides is 1. The van der Waals surface area contributed by atoms with E-state index < -0.39 is 12.9 Å². The average Bonchev–Trinajstić information content (AvgIpc) is 2.97. The first kappa shape index (κ1) is 16.5. The molecule has 0 unspecified atom stereocenters. The highest BCUT2D eigenvalue weighted by molar-refractivity contribution is 14.1. The lowest BCUT2D eigenvalue weighted by Crippen LogP contribution is -2.51. The van der Waals surface area contributed by atoms with Gasteiger partial charge in [0.25, 0.3) is 5.84 Å². The van der Waals surface area contributed by atoms with Crippen LogP contribution in [0.25, 0.3) is 6.08 Å². The lowest BCUT2D eigenvalue weighted by Gasteiger charge is -2.32. The van der Waals surface area contributed by atoms with Crippen LogP contribution in [0.5, 0.6) is 0 Å². The molecule has 0 bridgehead atoms. The van der Waals surface area contributed by atoms with Crippen molar-refractivity contribution in [3.63, 3.8) is 0 Å². The molecular formula is C17H15BF2IN3O. The zero-order valence-electron chi connectivity index (χ0n) is 13.9. The van der Waals surface area contributed by atoms with Gasteiger partial charge in [-0.15, -0.1) is 0 Å². The average molecular weight is 453 g/mol. The van der Waals surface area contributed by atoms with Crippen molar-refractivity contribution in [2.75, 3.05) is 7.05 Å². The van der Waals surface area contributed by atoms with Gasteiger partial charge < -0.3 is 17.6 Å². The van der Waals surface area contributed by atoms with Crippen LogP contribution in [-0.4, -0.2) is 39.6 Å². The van der Waals surface area contributed by atoms with Crippen LogP contribution in [0, 0.1) is 17.4 Å². The van der Waals surface area contributed by atoms with E-state index in [9.17, 15) is 4.79 Å². The first-order valence-electron chi connectivity index (χ1n) is 7.86. The Hall–Kier alpha value is -1.97. The molecule has 4 nitrogen and oxygen atoms in total. The Morgan fingerprint density at radius 3 is 2.44 bits per heavy atom. The maximum Gasteiger partial charge on any atom is 0.639 e. The molecule has 0 N–H and O–H groups in total. The molecule has 0 spiro atoms. The number of aromatic nitrogens is 1. The molecule has 3 heterocycles. The third-order valence-corrected chi connectivity index (χ3v) is 5.51. The SMILES string of the molecule is Cc1cc(C)n2c1C=C1C(=O)N(C)C(c3ccc(I)cc3)=[N+]1[B-]2(F)F. The van der Waals surface area contributed by atoms with Gasteiger partial charge in [-0.2, -0.15) is 4.90 Å². The number of likely N-dealkylation sites (N-methyl/N-ethyl adjacent to an activating group) is 1. The number of hydrogen-bond donors (Lipinski definition) is 0. The predicted octanol–water partition coefficient (Wildman–Crippen LogP) is 3.22. The van der Waals surface area contributed by atoms with Gasteiger partial charge in [-0.1, -0.05) is 0 Å². The molecule has 128 valence electrons. The predicted molar refractivity (Wildman–Crippen MR) is 102 cm³/mol. The van der Waals surface area contributed by atoms with E-state index in [1.807, 2.05) is 12.1 Å². The van der Waals surface area contributed by atoms with Gasteiger partial charge in [-0.25, -0.2) is 4.79 Å². The second kappa shape index (κ2) is 5.26. The lowest BCUT2D eigenvalue weighted by molar-refractivity contribution is -0.360. The fourth-order valence-corrected chi connectivity index (χ4v) is 4.06. The Kier molecular flexibility index (Phi) is 3.47. The van der Waals surface area contributed by atoms with Crippen LogP contribution in [-0.2, 0) is 4.79 Å². The van der Waals surface area contributed by atoms with Gasteiger partial charge in [-0.3, -0.25) is 0 Å². The molecule has 0 saturated heterocycles. The zero-order chi connectivity index (χ0) is 18.1. The quantitative estimate of drug-likeness (QED) is 0.482. The van der Waals surface area contributed by atoms with Crippen molar-refractivity contribution < 1.29 is 17.9 Å². The molecule has 0 saturated carbocycles. The van der Waals surface area contributed by atoms with Crippen molar-refractivity contribution in [1.82, 2.24) is 9.38 Å². The Balaban J connectivity index is 2.06. The Bertz CT molecular complexity index is 992. The van der Waals surface area contributed by atoms with Crippen molar-refractivity contribution in [1.29, 1.82) is 0 Å². The number of amidine groups is 1. The normalized spacial score (nSPS) is 18.4. The molecular weight excluding hydrogens is 438 g/mol. The van der Waals surface area contributed by atoms with Gasteiger partial charge in [0.15, 0.2) is 5.70 Å². The number of halogens is 3. The Labute approximate surface area is 157 Å². The van der Waals surface area contributed by atoms with Crippen molar-refractivity contribution in [3.8, 4) is 0 Å². The molecule has 1 aromatic heterocycles. The van der Waals surface area contributed by atoms with E-state index in [-0.39, 0.29) is 11.5 Å². The maximum absolute atomic E-state index is 15.5. The zero-order valence-corrected chi connectivity index (χ0v) is 16.1. The summed E-state index contributed by atoms with van der Waals surface area (Å²) in [6.07, 6.45) is 1.57. The number of carbonyl (C=O) groups excluding carboxylic acids is 1. The highest BCUT2D eigenvalue weighted by Gasteiger charge is 2.54. The van der Waals surface area contributed by atoms with Crippen LogP contribution >= 0.6 is 22.6 Å². The minimum Gasteiger partial charge on any atom is -0.420 e. The van der Waals surface area contributed by atoms with Crippen molar-refractivity contribution in [2.24, 2.45) is 0 Å². The second-order valence-electron chi connectivity index (χ2n) is 6.41. The van der Waals surface area contributed by atoms with E-state index in [1.165, 1.54) is 11.9 Å². The summed E-state index contributed by atoms with van der Waals surface area (Å²) in [6.45, 7) is -0.712. The summed E-state index contributed by atoms with van der Waals surface area (Å²) in [5.74, 6) is -0.200. The highest BCUT2D eigenvalue weighted by Crippen LogP contribution is 2.35. The topological polar surface area (TPSA) is 28.2 Å². The fourth-order valence-electron chi connectivity index (χ4n) is 3.70. The van der Waals surface area contributed by atoms with Crippen molar-refractivity contribution in [2.45, 2.75) is 13.8 Å². The summed E-state index contributed by atoms with van der Waals surface area (Å²) in [7, 11) is 1.54. The van der Waals surface area contributed by atoms with Crippen LogP contribution in [0.1, 0.15) is 22.5 Å². The Morgan fingerprint density at radius 2 is 1.80 bits per heavy atom. The smallest absolute Gasteiger partial charge is 0.420 e. The number of rotatable bonds is 1. The molecule has 2 aliphatic heterocycles. The number of carbonyl (C=O) groups is 1. The third-order valence-electron chi connectivity index (χ3n) is 4.80. The van der Waals surface area contributed by atoms with Gasteiger partial charge in [0, 0.05) is 15.3 Å². The van der Waals surface area contributed by atoms with E-state index in [4.69, 9.17) is 0 Å². The minimum atomic E-state index is -4.16. The monoisotopic (exact) mass is 453 g/mol. The molecule has 2 aromatic rings. The molecule has 8 heteroatoms. The van der Waals surface area contributed by atoms with Gasteiger partial charge in [-0.05, 0) is 78.0 Å². The lowest BCUT2D eigenvalue weighted by atomic mass is 9.90. The summed E-state index contributed by atoms with van der Waals surface area (Å²) >= 11 is 2.16. The molecule has 1 amide bonds. The van der Waals surface area contributed by atoms with Crippen LogP contribution in [0.3, 0.4) is 0 Å². The van der Waals surface area contributed by atoms with Gasteiger partial charge in [0.05, 0.1) is 12.6 Å². The summed E-state index contributed by atoms with van der Waals surface area (Å²) in [6, 6.07) is 8.94. The van der Waals surface area contributed by atoms with Gasteiger partial charge in [0.2, 0.25) is 0 Å². The number of aryl methyl sites for hydroxylation is 2. The van der Waals surface area contributed by atoms with E-state index in [0.717, 1.165) is 18.1 Å². The van der Waals surface area contributed by atoms with Crippen molar-refractivity contribution >= 4 is 47.4 Å².